The third kappa shape index (κ3) is 5.85. The molecule has 1 heterocycles. The van der Waals surface area contributed by atoms with Crippen LogP contribution in [-0.4, -0.2) is 36.4 Å². The van der Waals surface area contributed by atoms with Crippen LogP contribution in [0.2, 0.25) is 0 Å². The Labute approximate surface area is 171 Å². The number of pyridine rings is 1. The molecule has 1 aromatic carbocycles. The van der Waals surface area contributed by atoms with E-state index in [1.807, 2.05) is 0 Å². The lowest BCUT2D eigenvalue weighted by atomic mass is 10.1. The normalized spacial score (nSPS) is 16.0. The van der Waals surface area contributed by atoms with Gasteiger partial charge in [-0.15, -0.1) is 0 Å². The van der Waals surface area contributed by atoms with E-state index in [0.717, 1.165) is 24.5 Å². The van der Waals surface area contributed by atoms with Gasteiger partial charge < -0.3 is 19.3 Å². The predicted octanol–water partition coefficient (Wildman–Crippen LogP) is 4.50. The molecule has 0 aliphatic heterocycles. The summed E-state index contributed by atoms with van der Waals surface area (Å²) in [4.78, 5) is 14.4. The molecule has 0 radical (unpaired) electrons. The molecule has 0 saturated heterocycles. The highest BCUT2D eigenvalue weighted by molar-refractivity contribution is 5.67. The number of halogens is 3. The number of aliphatic carboxylic acids is 1. The molecule has 1 aliphatic carbocycles. The summed E-state index contributed by atoms with van der Waals surface area (Å²) in [5, 5.41) is 8.92. The molecule has 1 aromatic heterocycles. The Morgan fingerprint density at radius 3 is 2.37 bits per heavy atom. The fourth-order valence-corrected chi connectivity index (χ4v) is 2.90. The lowest BCUT2D eigenvalue weighted by Gasteiger charge is -2.18. The van der Waals surface area contributed by atoms with E-state index in [1.54, 1.807) is 24.3 Å². The van der Waals surface area contributed by atoms with Crippen LogP contribution in [0.25, 0.3) is 0 Å². The highest BCUT2D eigenvalue weighted by Gasteiger charge is 2.45. The standard InChI is InChI=1S/C21H22F3NO5/c1-28-16(11-19(26)27)14-5-7-15(8-6-14)29-12-20(9-10-20)13-30-18-4-2-3-17(25-18)21(22,23)24/h2-8,16H,9-13H2,1H3,(H,26,27). The van der Waals surface area contributed by atoms with Crippen molar-refractivity contribution in [3.8, 4) is 11.6 Å². The minimum atomic E-state index is -4.52. The van der Waals surface area contributed by atoms with Crippen molar-refractivity contribution in [1.29, 1.82) is 0 Å². The van der Waals surface area contributed by atoms with E-state index < -0.39 is 23.9 Å². The fraction of sp³-hybridized carbons (Fsp3) is 0.429. The predicted molar refractivity (Wildman–Crippen MR) is 100 cm³/mol. The molecule has 30 heavy (non-hydrogen) atoms. The molecule has 1 aliphatic rings. The Hall–Kier alpha value is -2.81. The van der Waals surface area contributed by atoms with Crippen LogP contribution in [0.1, 0.15) is 36.6 Å². The molecule has 0 amide bonds. The van der Waals surface area contributed by atoms with Gasteiger partial charge in [0, 0.05) is 18.6 Å². The number of carbonyl (C=O) groups is 1. The van der Waals surface area contributed by atoms with E-state index in [2.05, 4.69) is 4.98 Å². The minimum absolute atomic E-state index is 0.0653. The molecule has 1 fully saturated rings. The summed E-state index contributed by atoms with van der Waals surface area (Å²) in [6, 6.07) is 10.5. The van der Waals surface area contributed by atoms with Gasteiger partial charge in [-0.25, -0.2) is 4.98 Å². The van der Waals surface area contributed by atoms with Crippen LogP contribution in [0.5, 0.6) is 11.6 Å². The van der Waals surface area contributed by atoms with Crippen LogP contribution >= 0.6 is 0 Å². The molecule has 3 rings (SSSR count). The lowest BCUT2D eigenvalue weighted by molar-refractivity contribution is -0.141. The molecule has 2 aromatic rings. The van der Waals surface area contributed by atoms with Crippen molar-refractivity contribution in [3.63, 3.8) is 0 Å². The zero-order valence-electron chi connectivity index (χ0n) is 16.3. The summed E-state index contributed by atoms with van der Waals surface area (Å²) in [5.41, 5.74) is -0.516. The molecule has 1 N–H and O–H groups in total. The van der Waals surface area contributed by atoms with Gasteiger partial charge in [0.15, 0.2) is 0 Å². The van der Waals surface area contributed by atoms with Crippen molar-refractivity contribution in [2.75, 3.05) is 20.3 Å². The van der Waals surface area contributed by atoms with Gasteiger partial charge in [0.05, 0.1) is 25.7 Å². The number of benzene rings is 1. The van der Waals surface area contributed by atoms with Gasteiger partial charge in [-0.3, -0.25) is 4.79 Å². The fourth-order valence-electron chi connectivity index (χ4n) is 2.90. The average Bonchev–Trinajstić information content (AvgIpc) is 3.49. The quantitative estimate of drug-likeness (QED) is 0.604. The largest absolute Gasteiger partial charge is 0.493 e. The number of methoxy groups -OCH3 is 1. The monoisotopic (exact) mass is 425 g/mol. The highest BCUT2D eigenvalue weighted by atomic mass is 19.4. The number of carboxylic acids is 1. The zero-order valence-corrected chi connectivity index (χ0v) is 16.3. The molecule has 162 valence electrons. The summed E-state index contributed by atoms with van der Waals surface area (Å²) < 4.78 is 54.8. The molecule has 1 atom stereocenters. The maximum absolute atomic E-state index is 12.8. The van der Waals surface area contributed by atoms with E-state index in [-0.39, 0.29) is 24.3 Å². The van der Waals surface area contributed by atoms with Crippen molar-refractivity contribution in [2.24, 2.45) is 5.41 Å². The Bertz CT molecular complexity index is 866. The first kappa shape index (κ1) is 21.9. The second-order valence-electron chi connectivity index (χ2n) is 7.33. The number of hydrogen-bond acceptors (Lipinski definition) is 5. The first-order valence-corrected chi connectivity index (χ1v) is 9.35. The minimum Gasteiger partial charge on any atom is -0.493 e. The van der Waals surface area contributed by atoms with Crippen molar-refractivity contribution >= 4 is 5.97 Å². The third-order valence-corrected chi connectivity index (χ3v) is 4.94. The number of hydrogen-bond donors (Lipinski definition) is 1. The van der Waals surface area contributed by atoms with Gasteiger partial charge in [-0.1, -0.05) is 18.2 Å². The molecule has 9 heteroatoms. The summed E-state index contributed by atoms with van der Waals surface area (Å²) in [6.07, 6.45) is -3.51. The van der Waals surface area contributed by atoms with Gasteiger partial charge in [0.1, 0.15) is 11.4 Å². The van der Waals surface area contributed by atoms with E-state index in [1.165, 1.54) is 19.2 Å². The average molecular weight is 425 g/mol. The Balaban J connectivity index is 1.53. The maximum atomic E-state index is 12.8. The second-order valence-corrected chi connectivity index (χ2v) is 7.33. The van der Waals surface area contributed by atoms with Crippen molar-refractivity contribution < 1.29 is 37.3 Å². The summed E-state index contributed by atoms with van der Waals surface area (Å²) in [6.45, 7) is 0.567. The van der Waals surface area contributed by atoms with Crippen LogP contribution in [0.15, 0.2) is 42.5 Å². The molecule has 1 unspecified atom stereocenters. The number of alkyl halides is 3. The van der Waals surface area contributed by atoms with Crippen LogP contribution in [0, 0.1) is 5.41 Å². The van der Waals surface area contributed by atoms with Gasteiger partial charge in [0.25, 0.3) is 0 Å². The Kier molecular flexibility index (Phi) is 6.50. The third-order valence-electron chi connectivity index (χ3n) is 4.94. The molecule has 6 nitrogen and oxygen atoms in total. The molecule has 0 spiro atoms. The van der Waals surface area contributed by atoms with Crippen molar-refractivity contribution in [3.05, 3.63) is 53.7 Å². The summed E-state index contributed by atoms with van der Waals surface area (Å²) in [7, 11) is 1.45. The van der Waals surface area contributed by atoms with Crippen LogP contribution in [0.4, 0.5) is 13.2 Å². The maximum Gasteiger partial charge on any atom is 0.433 e. The van der Waals surface area contributed by atoms with Gasteiger partial charge in [-0.2, -0.15) is 13.2 Å². The number of nitrogens with zero attached hydrogens (tertiary/aromatic N) is 1. The molecule has 1 saturated carbocycles. The van der Waals surface area contributed by atoms with Crippen LogP contribution < -0.4 is 9.47 Å². The lowest BCUT2D eigenvalue weighted by Crippen LogP contribution is -2.22. The SMILES string of the molecule is COC(CC(=O)O)c1ccc(OCC2(COc3cccc(C(F)(F)F)n3)CC2)cc1. The van der Waals surface area contributed by atoms with Gasteiger partial charge in [0.2, 0.25) is 5.88 Å². The van der Waals surface area contributed by atoms with Crippen LogP contribution in [0.3, 0.4) is 0 Å². The zero-order chi connectivity index (χ0) is 21.8. The van der Waals surface area contributed by atoms with E-state index in [9.17, 15) is 18.0 Å². The summed E-state index contributed by atoms with van der Waals surface area (Å²) >= 11 is 0. The highest BCUT2D eigenvalue weighted by Crippen LogP contribution is 2.46. The number of carboxylic acid groups (broad SMARTS) is 1. The topological polar surface area (TPSA) is 77.9 Å². The number of ether oxygens (including phenoxy) is 3. The van der Waals surface area contributed by atoms with E-state index in [4.69, 9.17) is 19.3 Å². The second kappa shape index (κ2) is 8.91. The molecular weight excluding hydrogens is 403 g/mol. The first-order chi connectivity index (χ1) is 14.2. The Morgan fingerprint density at radius 2 is 1.80 bits per heavy atom. The molecule has 0 bridgehead atoms. The van der Waals surface area contributed by atoms with Crippen LogP contribution in [-0.2, 0) is 15.7 Å². The first-order valence-electron chi connectivity index (χ1n) is 9.35. The smallest absolute Gasteiger partial charge is 0.433 e. The number of rotatable bonds is 10. The van der Waals surface area contributed by atoms with Gasteiger partial charge >= 0.3 is 12.1 Å². The van der Waals surface area contributed by atoms with E-state index in [0.29, 0.717) is 12.4 Å². The molecular formula is C21H22F3NO5. The van der Waals surface area contributed by atoms with Gasteiger partial charge in [-0.05, 0) is 36.6 Å². The summed E-state index contributed by atoms with van der Waals surface area (Å²) in [5.74, 6) is -0.412. The van der Waals surface area contributed by atoms with Crippen molar-refractivity contribution in [1.82, 2.24) is 4.98 Å². The van der Waals surface area contributed by atoms with Crippen molar-refractivity contribution in [2.45, 2.75) is 31.5 Å². The Morgan fingerprint density at radius 1 is 1.13 bits per heavy atom. The van der Waals surface area contributed by atoms with E-state index >= 15 is 0 Å². The number of aromatic nitrogens is 1.